The maximum absolute atomic E-state index is 10.4. The van der Waals surface area contributed by atoms with E-state index in [9.17, 15) is 4.79 Å². The van der Waals surface area contributed by atoms with E-state index >= 15 is 0 Å². The molecule has 0 aliphatic carbocycles. The van der Waals surface area contributed by atoms with Crippen LogP contribution < -0.4 is 10.0 Å². The number of hydrogen-bond acceptors (Lipinski definition) is 7. The van der Waals surface area contributed by atoms with E-state index in [1.165, 1.54) is 14.6 Å². The molecule has 1 aromatic carbocycles. The predicted octanol–water partition coefficient (Wildman–Crippen LogP) is 3.55. The van der Waals surface area contributed by atoms with Gasteiger partial charge in [-0.2, -0.15) is 10.0 Å². The van der Waals surface area contributed by atoms with Crippen molar-refractivity contribution < 1.29 is 23.8 Å². The molecule has 0 bridgehead atoms. The molecule has 132 valence electrons. The molecule has 0 spiro atoms. The quantitative estimate of drug-likeness (QED) is 0.152. The highest BCUT2D eigenvalue weighted by Gasteiger charge is 2.16. The molecule has 0 unspecified atom stereocenters. The highest BCUT2D eigenvalue weighted by molar-refractivity contribution is 8.00. The van der Waals surface area contributed by atoms with Gasteiger partial charge in [-0.3, -0.25) is 4.79 Å². The largest absolute Gasteiger partial charge is 0.481 e. The van der Waals surface area contributed by atoms with E-state index in [1.54, 1.807) is 23.1 Å². The van der Waals surface area contributed by atoms with Crippen LogP contribution in [0, 0.1) is 0 Å². The average Bonchev–Trinajstić information content (AvgIpc) is 2.89. The number of hydrogen-bond donors (Lipinski definition) is 2. The van der Waals surface area contributed by atoms with Crippen molar-refractivity contribution in [2.45, 2.75) is 34.9 Å². The number of carboxylic acid groups (broad SMARTS) is 1. The van der Waals surface area contributed by atoms with Gasteiger partial charge in [0.05, 0.1) is 12.0 Å². The molecule has 0 aliphatic rings. The Morgan fingerprint density at radius 3 is 2.96 bits per heavy atom. The van der Waals surface area contributed by atoms with E-state index in [0.29, 0.717) is 13.0 Å². The van der Waals surface area contributed by atoms with Crippen LogP contribution in [0.2, 0.25) is 0 Å². The van der Waals surface area contributed by atoms with Gasteiger partial charge in [0.15, 0.2) is 0 Å². The summed E-state index contributed by atoms with van der Waals surface area (Å²) in [5.74, 6) is -0.750. The molecule has 0 saturated heterocycles. The predicted molar refractivity (Wildman–Crippen MR) is 96.9 cm³/mol. The molecule has 6 nitrogen and oxygen atoms in total. The normalized spacial score (nSPS) is 11.2. The van der Waals surface area contributed by atoms with Gasteiger partial charge < -0.3 is 5.11 Å². The molecule has 2 rings (SSSR count). The number of aryl methyl sites for hydroxylation is 1. The molecule has 0 amide bonds. The Labute approximate surface area is 153 Å². The van der Waals surface area contributed by atoms with Gasteiger partial charge in [0.1, 0.15) is 11.7 Å². The number of nitrogens with zero attached hydrogens (tertiary/aromatic N) is 1. The van der Waals surface area contributed by atoms with Gasteiger partial charge in [-0.25, -0.2) is 0 Å². The second-order valence-corrected chi connectivity index (χ2v) is 7.95. The maximum Gasteiger partial charge on any atom is 0.303 e. The second-order valence-electron chi connectivity index (χ2n) is 5.09. The highest BCUT2D eigenvalue weighted by Crippen LogP contribution is 2.29. The van der Waals surface area contributed by atoms with Crippen molar-refractivity contribution in [1.29, 1.82) is 0 Å². The summed E-state index contributed by atoms with van der Waals surface area (Å²) in [6.07, 6.45) is 4.66. The van der Waals surface area contributed by atoms with Crippen LogP contribution in [0.5, 0.6) is 0 Å². The standard InChI is InChI=1S/C15H20N2O4S3/c1-17-12-10-11(7-8-13(12)23-15(17)22-2)24-21-20-16-9-5-3-4-6-14(18)19/h7-8,10,16H,3-6,9H2,1-2H3/p+1. The minimum atomic E-state index is -0.750. The molecule has 9 heteroatoms. The Balaban J connectivity index is 1.66. The zero-order valence-corrected chi connectivity index (χ0v) is 16.1. The van der Waals surface area contributed by atoms with Crippen LogP contribution >= 0.6 is 35.1 Å². The number of thioether (sulfide) groups is 1. The molecule has 0 aliphatic heterocycles. The second kappa shape index (κ2) is 10.2. The third-order valence-corrected chi connectivity index (χ3v) is 6.30. The Bertz CT molecular complexity index is 678. The fourth-order valence-electron chi connectivity index (χ4n) is 2.11. The summed E-state index contributed by atoms with van der Waals surface area (Å²) in [7, 11) is 2.06. The van der Waals surface area contributed by atoms with Gasteiger partial charge in [-0.1, -0.05) is 17.8 Å². The highest BCUT2D eigenvalue weighted by atomic mass is 32.2. The Morgan fingerprint density at radius 1 is 1.38 bits per heavy atom. The first-order chi connectivity index (χ1) is 11.6. The first-order valence-corrected chi connectivity index (χ1v) is 10.3. The van der Waals surface area contributed by atoms with Crippen molar-refractivity contribution in [3.05, 3.63) is 18.2 Å². The summed E-state index contributed by atoms with van der Waals surface area (Å²) in [4.78, 5) is 16.3. The third-order valence-electron chi connectivity index (χ3n) is 3.33. The molecule has 0 saturated carbocycles. The summed E-state index contributed by atoms with van der Waals surface area (Å²) in [6.45, 7) is 0.621. The first-order valence-electron chi connectivity index (χ1n) is 7.53. The number of hydroxylamine groups is 1. The van der Waals surface area contributed by atoms with Gasteiger partial charge >= 0.3 is 5.97 Å². The summed E-state index contributed by atoms with van der Waals surface area (Å²) in [6, 6.07) is 6.16. The van der Waals surface area contributed by atoms with Gasteiger partial charge in [-0.15, -0.1) is 9.32 Å². The number of fused-ring (bicyclic) bond motifs is 1. The lowest BCUT2D eigenvalue weighted by molar-refractivity contribution is -0.676. The summed E-state index contributed by atoms with van der Waals surface area (Å²) < 4.78 is 9.76. The average molecular weight is 390 g/mol. The number of carbonyl (C=O) groups is 1. The van der Waals surface area contributed by atoms with E-state index in [2.05, 4.69) is 35.5 Å². The van der Waals surface area contributed by atoms with Crippen molar-refractivity contribution in [2.75, 3.05) is 12.8 Å². The zero-order chi connectivity index (χ0) is 17.4. The fraction of sp³-hybridized carbons (Fsp3) is 0.467. The van der Waals surface area contributed by atoms with Gasteiger partial charge in [-0.05, 0) is 43.0 Å². The first kappa shape index (κ1) is 19.5. The molecular formula is C15H21N2O4S3+. The summed E-state index contributed by atoms with van der Waals surface area (Å²) in [5.41, 5.74) is 3.88. The lowest BCUT2D eigenvalue weighted by Gasteiger charge is -2.03. The molecule has 0 atom stereocenters. The molecule has 1 heterocycles. The zero-order valence-electron chi connectivity index (χ0n) is 13.6. The lowest BCUT2D eigenvalue weighted by atomic mass is 10.2. The number of thiazole rings is 1. The molecule has 2 aromatic rings. The Hall–Kier alpha value is -0.840. The maximum atomic E-state index is 10.4. The van der Waals surface area contributed by atoms with E-state index in [-0.39, 0.29) is 6.42 Å². The summed E-state index contributed by atoms with van der Waals surface area (Å²) in [5, 5.41) is 8.53. The van der Waals surface area contributed by atoms with Crippen LogP contribution in [0.25, 0.3) is 10.2 Å². The number of aliphatic carboxylic acids is 1. The monoisotopic (exact) mass is 389 g/mol. The van der Waals surface area contributed by atoms with Crippen LogP contribution in [0.15, 0.2) is 27.4 Å². The fourth-order valence-corrected chi connectivity index (χ4v) is 4.39. The molecular weight excluding hydrogens is 368 g/mol. The van der Waals surface area contributed by atoms with Crippen LogP contribution in [-0.4, -0.2) is 23.9 Å². The number of carboxylic acids is 1. The number of aromatic nitrogens is 1. The topological polar surface area (TPSA) is 71.7 Å². The number of benzene rings is 1. The smallest absolute Gasteiger partial charge is 0.303 e. The van der Waals surface area contributed by atoms with Crippen LogP contribution in [0.4, 0.5) is 0 Å². The van der Waals surface area contributed by atoms with E-state index in [4.69, 9.17) is 14.4 Å². The molecule has 0 fully saturated rings. The SMILES string of the molecule is CSc1sc2ccc(SOONCCCCCC(=O)O)cc2[n+]1C. The van der Waals surface area contributed by atoms with Crippen LogP contribution in [0.3, 0.4) is 0 Å². The number of unbranched alkanes of at least 4 members (excludes halogenated alkanes) is 2. The van der Waals surface area contributed by atoms with E-state index in [0.717, 1.165) is 29.8 Å². The Kier molecular flexibility index (Phi) is 8.30. The van der Waals surface area contributed by atoms with Crippen molar-refractivity contribution in [2.24, 2.45) is 7.05 Å². The van der Waals surface area contributed by atoms with E-state index < -0.39 is 5.97 Å². The lowest BCUT2D eigenvalue weighted by Crippen LogP contribution is -2.27. The van der Waals surface area contributed by atoms with Gasteiger partial charge in [0, 0.05) is 23.9 Å². The molecule has 24 heavy (non-hydrogen) atoms. The van der Waals surface area contributed by atoms with E-state index in [1.807, 2.05) is 6.07 Å². The van der Waals surface area contributed by atoms with Crippen molar-refractivity contribution in [3.63, 3.8) is 0 Å². The Morgan fingerprint density at radius 2 is 2.21 bits per heavy atom. The van der Waals surface area contributed by atoms with Crippen molar-refractivity contribution in [3.8, 4) is 0 Å². The van der Waals surface area contributed by atoms with Crippen molar-refractivity contribution >= 4 is 51.3 Å². The minimum absolute atomic E-state index is 0.216. The number of nitrogens with one attached hydrogen (secondary N) is 1. The van der Waals surface area contributed by atoms with Crippen LogP contribution in [0.1, 0.15) is 25.7 Å². The van der Waals surface area contributed by atoms with Crippen molar-refractivity contribution in [1.82, 2.24) is 5.48 Å². The minimum Gasteiger partial charge on any atom is -0.481 e. The van der Waals surface area contributed by atoms with Gasteiger partial charge in [0.25, 0.3) is 4.34 Å². The molecule has 0 radical (unpaired) electrons. The van der Waals surface area contributed by atoms with Crippen LogP contribution in [-0.2, 0) is 21.2 Å². The third kappa shape index (κ3) is 5.91. The number of rotatable bonds is 11. The molecule has 2 N–H and O–H groups in total. The molecule has 1 aromatic heterocycles. The van der Waals surface area contributed by atoms with Gasteiger partial charge in [0.2, 0.25) is 5.52 Å². The summed E-state index contributed by atoms with van der Waals surface area (Å²) >= 11 is 4.66.